The Hall–Kier alpha value is -2.36. The number of pyridine rings is 1. The number of rotatable bonds is 3. The fourth-order valence-electron chi connectivity index (χ4n) is 1.54. The lowest BCUT2D eigenvalue weighted by molar-refractivity contribution is 0.319. The van der Waals surface area contributed by atoms with Gasteiger partial charge in [0.05, 0.1) is 7.11 Å². The minimum absolute atomic E-state index is 0.509. The fourth-order valence-corrected chi connectivity index (χ4v) is 1.54. The van der Waals surface area contributed by atoms with E-state index in [1.807, 2.05) is 24.3 Å². The van der Waals surface area contributed by atoms with Crippen molar-refractivity contribution >= 4 is 5.71 Å². The largest absolute Gasteiger partial charge is 0.497 e. The van der Waals surface area contributed by atoms with Crippen molar-refractivity contribution in [3.05, 3.63) is 59.9 Å². The van der Waals surface area contributed by atoms with E-state index < -0.39 is 0 Å². The van der Waals surface area contributed by atoms with Crippen LogP contribution in [-0.4, -0.2) is 23.0 Å². The molecule has 4 nitrogen and oxygen atoms in total. The van der Waals surface area contributed by atoms with E-state index in [0.29, 0.717) is 5.71 Å². The molecule has 1 N–H and O–H groups in total. The van der Waals surface area contributed by atoms with Gasteiger partial charge in [-0.1, -0.05) is 5.16 Å². The topological polar surface area (TPSA) is 54.7 Å². The molecule has 0 saturated carbocycles. The van der Waals surface area contributed by atoms with Gasteiger partial charge in [0.2, 0.25) is 0 Å². The third-order valence-electron chi connectivity index (χ3n) is 2.42. The summed E-state index contributed by atoms with van der Waals surface area (Å²) in [6.45, 7) is 0. The quantitative estimate of drug-likeness (QED) is 0.498. The second kappa shape index (κ2) is 5.12. The summed E-state index contributed by atoms with van der Waals surface area (Å²) < 4.78 is 5.08. The van der Waals surface area contributed by atoms with Crippen molar-refractivity contribution in [2.45, 2.75) is 0 Å². The standard InChI is InChI=1S/C13H12N2O2/c1-17-12-4-2-10(3-5-12)13(15-16)11-6-8-14-9-7-11/h2-9,16H,1H3. The summed E-state index contributed by atoms with van der Waals surface area (Å²) >= 11 is 0. The van der Waals surface area contributed by atoms with Crippen LogP contribution in [0.25, 0.3) is 0 Å². The maximum absolute atomic E-state index is 9.10. The fraction of sp³-hybridized carbons (Fsp3) is 0.0769. The van der Waals surface area contributed by atoms with Gasteiger partial charge in [-0.25, -0.2) is 0 Å². The lowest BCUT2D eigenvalue weighted by Crippen LogP contribution is -2.03. The Morgan fingerprint density at radius 2 is 1.65 bits per heavy atom. The second-order valence-corrected chi connectivity index (χ2v) is 3.41. The summed E-state index contributed by atoms with van der Waals surface area (Å²) in [5, 5.41) is 12.4. The first-order chi connectivity index (χ1) is 8.35. The lowest BCUT2D eigenvalue weighted by atomic mass is 10.0. The molecule has 1 aromatic carbocycles. The van der Waals surface area contributed by atoms with Crippen LogP contribution in [0.3, 0.4) is 0 Å². The zero-order valence-corrected chi connectivity index (χ0v) is 9.37. The average molecular weight is 228 g/mol. The van der Waals surface area contributed by atoms with Gasteiger partial charge in [0, 0.05) is 23.5 Å². The van der Waals surface area contributed by atoms with Crippen molar-refractivity contribution in [1.82, 2.24) is 4.98 Å². The summed E-state index contributed by atoms with van der Waals surface area (Å²) in [7, 11) is 1.61. The van der Waals surface area contributed by atoms with Gasteiger partial charge < -0.3 is 9.94 Å². The molecule has 0 aliphatic carbocycles. The van der Waals surface area contributed by atoms with Gasteiger partial charge in [0.15, 0.2) is 0 Å². The molecule has 0 aliphatic rings. The van der Waals surface area contributed by atoms with Crippen LogP contribution in [0.5, 0.6) is 5.75 Å². The molecule has 2 aromatic rings. The van der Waals surface area contributed by atoms with E-state index in [4.69, 9.17) is 9.94 Å². The highest BCUT2D eigenvalue weighted by molar-refractivity contribution is 6.12. The van der Waals surface area contributed by atoms with Gasteiger partial charge in [-0.2, -0.15) is 0 Å². The number of aromatic nitrogens is 1. The summed E-state index contributed by atoms with van der Waals surface area (Å²) in [5.74, 6) is 0.765. The first kappa shape index (κ1) is 11.1. The van der Waals surface area contributed by atoms with Gasteiger partial charge in [-0.3, -0.25) is 4.98 Å². The van der Waals surface area contributed by atoms with Gasteiger partial charge in [-0.05, 0) is 36.4 Å². The zero-order valence-electron chi connectivity index (χ0n) is 9.37. The number of oxime groups is 1. The third-order valence-corrected chi connectivity index (χ3v) is 2.42. The zero-order chi connectivity index (χ0) is 12.1. The van der Waals surface area contributed by atoms with Crippen molar-refractivity contribution in [2.75, 3.05) is 7.11 Å². The molecule has 0 unspecified atom stereocenters. The predicted molar refractivity (Wildman–Crippen MR) is 64.7 cm³/mol. The van der Waals surface area contributed by atoms with Crippen LogP contribution in [0.1, 0.15) is 11.1 Å². The molecule has 1 aromatic heterocycles. The molecule has 0 aliphatic heterocycles. The van der Waals surface area contributed by atoms with E-state index in [2.05, 4.69) is 10.1 Å². The molecule has 0 amide bonds. The summed E-state index contributed by atoms with van der Waals surface area (Å²) in [6.07, 6.45) is 3.31. The highest BCUT2D eigenvalue weighted by atomic mass is 16.5. The van der Waals surface area contributed by atoms with Crippen LogP contribution in [0.4, 0.5) is 0 Å². The number of nitrogens with zero attached hydrogens (tertiary/aromatic N) is 2. The molecule has 0 saturated heterocycles. The van der Waals surface area contributed by atoms with E-state index in [9.17, 15) is 0 Å². The van der Waals surface area contributed by atoms with Crippen LogP contribution < -0.4 is 4.74 Å². The lowest BCUT2D eigenvalue weighted by Gasteiger charge is -2.05. The molecule has 0 spiro atoms. The van der Waals surface area contributed by atoms with E-state index in [-0.39, 0.29) is 0 Å². The Kier molecular flexibility index (Phi) is 3.35. The minimum Gasteiger partial charge on any atom is -0.497 e. The van der Waals surface area contributed by atoms with Gasteiger partial charge >= 0.3 is 0 Å². The smallest absolute Gasteiger partial charge is 0.118 e. The van der Waals surface area contributed by atoms with E-state index >= 15 is 0 Å². The van der Waals surface area contributed by atoms with E-state index in [0.717, 1.165) is 16.9 Å². The maximum Gasteiger partial charge on any atom is 0.118 e. The number of ether oxygens (including phenoxy) is 1. The van der Waals surface area contributed by atoms with Gasteiger partial charge in [0.1, 0.15) is 11.5 Å². The first-order valence-electron chi connectivity index (χ1n) is 5.12. The van der Waals surface area contributed by atoms with Crippen LogP contribution in [0.2, 0.25) is 0 Å². The third kappa shape index (κ3) is 2.42. The Morgan fingerprint density at radius 3 is 2.18 bits per heavy atom. The molecule has 4 heteroatoms. The van der Waals surface area contributed by atoms with Crippen molar-refractivity contribution in [3.8, 4) is 5.75 Å². The first-order valence-corrected chi connectivity index (χ1v) is 5.12. The van der Waals surface area contributed by atoms with E-state index in [1.165, 1.54) is 0 Å². The second-order valence-electron chi connectivity index (χ2n) is 3.41. The molecule has 1 heterocycles. The van der Waals surface area contributed by atoms with Crippen LogP contribution in [-0.2, 0) is 0 Å². The average Bonchev–Trinajstić information content (AvgIpc) is 2.42. The Balaban J connectivity index is 2.37. The highest BCUT2D eigenvalue weighted by Crippen LogP contribution is 2.15. The molecule has 2 rings (SSSR count). The SMILES string of the molecule is COc1ccc(C(=NO)c2ccncc2)cc1. The molecule has 0 bridgehead atoms. The highest BCUT2D eigenvalue weighted by Gasteiger charge is 2.07. The number of benzene rings is 1. The summed E-state index contributed by atoms with van der Waals surface area (Å²) in [6, 6.07) is 10.9. The van der Waals surface area contributed by atoms with Crippen molar-refractivity contribution in [1.29, 1.82) is 0 Å². The number of methoxy groups -OCH3 is 1. The molecule has 0 radical (unpaired) electrons. The molecule has 0 atom stereocenters. The Morgan fingerprint density at radius 1 is 1.06 bits per heavy atom. The number of hydrogen-bond donors (Lipinski definition) is 1. The number of hydrogen-bond acceptors (Lipinski definition) is 4. The van der Waals surface area contributed by atoms with E-state index in [1.54, 1.807) is 31.6 Å². The normalized spacial score (nSPS) is 11.2. The molecular formula is C13H12N2O2. The summed E-state index contributed by atoms with van der Waals surface area (Å²) in [4.78, 5) is 3.93. The van der Waals surface area contributed by atoms with Crippen molar-refractivity contribution < 1.29 is 9.94 Å². The molecule has 86 valence electrons. The van der Waals surface area contributed by atoms with Crippen LogP contribution in [0.15, 0.2) is 53.9 Å². The monoisotopic (exact) mass is 228 g/mol. The Bertz CT molecular complexity index is 507. The minimum atomic E-state index is 0.509. The predicted octanol–water partition coefficient (Wildman–Crippen LogP) is 2.32. The summed E-state index contributed by atoms with van der Waals surface area (Å²) in [5.41, 5.74) is 2.14. The molecule has 0 fully saturated rings. The van der Waals surface area contributed by atoms with Crippen LogP contribution >= 0.6 is 0 Å². The van der Waals surface area contributed by atoms with Crippen LogP contribution in [0, 0.1) is 0 Å². The van der Waals surface area contributed by atoms with Gasteiger partial charge in [-0.15, -0.1) is 0 Å². The van der Waals surface area contributed by atoms with Crippen molar-refractivity contribution in [3.63, 3.8) is 0 Å². The Labute approximate surface area is 99.2 Å². The maximum atomic E-state index is 9.10. The molecule has 17 heavy (non-hydrogen) atoms. The van der Waals surface area contributed by atoms with Gasteiger partial charge in [0.25, 0.3) is 0 Å². The van der Waals surface area contributed by atoms with Crippen molar-refractivity contribution in [2.24, 2.45) is 5.16 Å². The molecular weight excluding hydrogens is 216 g/mol.